The number of halogens is 1. The van der Waals surface area contributed by atoms with Crippen molar-refractivity contribution in [3.63, 3.8) is 0 Å². The zero-order valence-corrected chi connectivity index (χ0v) is 10.3. The van der Waals surface area contributed by atoms with E-state index in [1.165, 1.54) is 16.7 Å². The number of hydrogen-bond donors (Lipinski definition) is 0. The average molecular weight is 225 g/mol. The van der Waals surface area contributed by atoms with E-state index >= 15 is 0 Å². The molecule has 1 saturated carbocycles. The minimum absolute atomic E-state index is 0.321. The molecule has 15 heavy (non-hydrogen) atoms. The Labute approximate surface area is 96.4 Å². The van der Waals surface area contributed by atoms with Gasteiger partial charge in [0, 0.05) is 18.2 Å². The molecule has 2 heteroatoms. The first kappa shape index (κ1) is 10.8. The summed E-state index contributed by atoms with van der Waals surface area (Å²) in [6.07, 6.45) is 2.29. The largest absolute Gasteiger partial charge is 0.490 e. The molecule has 0 amide bonds. The van der Waals surface area contributed by atoms with Gasteiger partial charge in [0.2, 0.25) is 0 Å². The van der Waals surface area contributed by atoms with Gasteiger partial charge in [-0.2, -0.15) is 0 Å². The molecule has 2 rings (SSSR count). The maximum Gasteiger partial charge on any atom is 0.123 e. The van der Waals surface area contributed by atoms with Crippen molar-refractivity contribution < 1.29 is 4.74 Å². The van der Waals surface area contributed by atoms with E-state index in [-0.39, 0.29) is 0 Å². The molecule has 82 valence electrons. The molecule has 1 nitrogen and oxygen atoms in total. The van der Waals surface area contributed by atoms with E-state index in [1.807, 2.05) is 0 Å². The Morgan fingerprint density at radius 1 is 1.20 bits per heavy atom. The second kappa shape index (κ2) is 4.05. The van der Waals surface area contributed by atoms with Crippen LogP contribution in [0.15, 0.2) is 12.1 Å². The van der Waals surface area contributed by atoms with E-state index in [1.54, 1.807) is 0 Å². The molecular formula is C13H17ClO. The van der Waals surface area contributed by atoms with Crippen LogP contribution in [0.25, 0.3) is 0 Å². The Kier molecular flexibility index (Phi) is 2.92. The fraction of sp³-hybridized carbons (Fsp3) is 0.538. The maximum absolute atomic E-state index is 5.93. The summed E-state index contributed by atoms with van der Waals surface area (Å²) in [5.41, 5.74) is 3.81. The first-order valence-electron chi connectivity index (χ1n) is 5.45. The van der Waals surface area contributed by atoms with E-state index in [2.05, 4.69) is 32.9 Å². The molecule has 1 aromatic carbocycles. The Hall–Kier alpha value is -0.690. The normalized spacial score (nSPS) is 24.8. The van der Waals surface area contributed by atoms with Gasteiger partial charge in [0.25, 0.3) is 0 Å². The van der Waals surface area contributed by atoms with Gasteiger partial charge in [-0.15, -0.1) is 11.6 Å². The lowest BCUT2D eigenvalue weighted by molar-refractivity contribution is 0.123. The van der Waals surface area contributed by atoms with Gasteiger partial charge in [0.1, 0.15) is 11.9 Å². The van der Waals surface area contributed by atoms with Crippen LogP contribution in [0.1, 0.15) is 29.5 Å². The summed E-state index contributed by atoms with van der Waals surface area (Å²) in [6.45, 7) is 6.34. The number of hydrogen-bond acceptors (Lipinski definition) is 1. The van der Waals surface area contributed by atoms with Crippen LogP contribution >= 0.6 is 11.6 Å². The standard InChI is InChI=1S/C13H17ClO/c1-8-4-9(2)10(3)13(5-8)15-12-6-11(14)7-12/h4-5,11-12H,6-7H2,1-3H3. The molecule has 1 aromatic rings. The highest BCUT2D eigenvalue weighted by Crippen LogP contribution is 2.32. The monoisotopic (exact) mass is 224 g/mol. The lowest BCUT2D eigenvalue weighted by Crippen LogP contribution is -2.34. The Morgan fingerprint density at radius 3 is 2.47 bits per heavy atom. The molecule has 1 fully saturated rings. The molecule has 0 aromatic heterocycles. The van der Waals surface area contributed by atoms with Crippen molar-refractivity contribution in [3.05, 3.63) is 28.8 Å². The minimum Gasteiger partial charge on any atom is -0.490 e. The van der Waals surface area contributed by atoms with Gasteiger partial charge >= 0.3 is 0 Å². The highest BCUT2D eigenvalue weighted by Gasteiger charge is 2.29. The zero-order chi connectivity index (χ0) is 11.0. The van der Waals surface area contributed by atoms with Crippen molar-refractivity contribution in [2.24, 2.45) is 0 Å². The zero-order valence-electron chi connectivity index (χ0n) is 9.51. The molecule has 1 aliphatic rings. The number of aryl methyl sites for hydroxylation is 2. The molecule has 0 bridgehead atoms. The first-order valence-corrected chi connectivity index (χ1v) is 5.88. The van der Waals surface area contributed by atoms with Gasteiger partial charge in [-0.1, -0.05) is 6.07 Å². The Balaban J connectivity index is 2.13. The summed E-state index contributed by atoms with van der Waals surface area (Å²) >= 11 is 5.93. The SMILES string of the molecule is Cc1cc(C)c(C)c(OC2CC(Cl)C2)c1. The van der Waals surface area contributed by atoms with Gasteiger partial charge in [0.05, 0.1) is 0 Å². The smallest absolute Gasteiger partial charge is 0.123 e. The van der Waals surface area contributed by atoms with Crippen molar-refractivity contribution in [3.8, 4) is 5.75 Å². The van der Waals surface area contributed by atoms with E-state index in [0.717, 1.165) is 18.6 Å². The summed E-state index contributed by atoms with van der Waals surface area (Å²) < 4.78 is 5.93. The Morgan fingerprint density at radius 2 is 1.87 bits per heavy atom. The second-order valence-corrected chi connectivity index (χ2v) is 5.13. The highest BCUT2D eigenvalue weighted by atomic mass is 35.5. The number of rotatable bonds is 2. The third kappa shape index (κ3) is 2.28. The summed E-state index contributed by atoms with van der Waals surface area (Å²) in [5.74, 6) is 1.03. The van der Waals surface area contributed by atoms with Crippen LogP contribution in [0.3, 0.4) is 0 Å². The fourth-order valence-electron chi connectivity index (χ4n) is 1.90. The third-order valence-electron chi connectivity index (χ3n) is 3.09. The molecule has 0 unspecified atom stereocenters. The summed E-state index contributed by atoms with van der Waals surface area (Å²) in [4.78, 5) is 0. The summed E-state index contributed by atoms with van der Waals surface area (Å²) in [5, 5.41) is 0.321. The van der Waals surface area contributed by atoms with Gasteiger partial charge in [-0.05, 0) is 43.5 Å². The highest BCUT2D eigenvalue weighted by molar-refractivity contribution is 6.21. The van der Waals surface area contributed by atoms with Gasteiger partial charge < -0.3 is 4.74 Å². The predicted octanol–water partition coefficient (Wildman–Crippen LogP) is 3.76. The lowest BCUT2D eigenvalue weighted by atomic mass is 9.95. The van der Waals surface area contributed by atoms with Crippen LogP contribution in [0.2, 0.25) is 0 Å². The predicted molar refractivity (Wildman–Crippen MR) is 63.9 cm³/mol. The van der Waals surface area contributed by atoms with Crippen LogP contribution in [-0.2, 0) is 0 Å². The molecule has 0 radical (unpaired) electrons. The van der Waals surface area contributed by atoms with E-state index in [0.29, 0.717) is 11.5 Å². The van der Waals surface area contributed by atoms with Crippen LogP contribution in [-0.4, -0.2) is 11.5 Å². The number of benzene rings is 1. The molecular weight excluding hydrogens is 208 g/mol. The summed E-state index contributed by atoms with van der Waals surface area (Å²) in [7, 11) is 0. The van der Waals surface area contributed by atoms with E-state index in [4.69, 9.17) is 16.3 Å². The molecule has 0 atom stereocenters. The second-order valence-electron chi connectivity index (χ2n) is 4.51. The van der Waals surface area contributed by atoms with Crippen molar-refractivity contribution in [2.75, 3.05) is 0 Å². The lowest BCUT2D eigenvalue weighted by Gasteiger charge is -2.32. The molecule has 0 aliphatic heterocycles. The quantitative estimate of drug-likeness (QED) is 0.695. The summed E-state index contributed by atoms with van der Waals surface area (Å²) in [6, 6.07) is 4.30. The minimum atomic E-state index is 0.321. The average Bonchev–Trinajstić information content (AvgIpc) is 2.10. The molecule has 0 N–H and O–H groups in total. The van der Waals surface area contributed by atoms with Gasteiger partial charge in [-0.25, -0.2) is 0 Å². The third-order valence-corrected chi connectivity index (χ3v) is 3.45. The van der Waals surface area contributed by atoms with Crippen molar-refractivity contribution in [1.29, 1.82) is 0 Å². The van der Waals surface area contributed by atoms with Gasteiger partial charge in [0.15, 0.2) is 0 Å². The number of alkyl halides is 1. The topological polar surface area (TPSA) is 9.23 Å². The van der Waals surface area contributed by atoms with Crippen LogP contribution in [0.4, 0.5) is 0 Å². The number of ether oxygens (including phenoxy) is 1. The molecule has 0 spiro atoms. The Bertz CT molecular complexity index is 367. The fourth-order valence-corrected chi connectivity index (χ4v) is 2.30. The van der Waals surface area contributed by atoms with Crippen LogP contribution in [0, 0.1) is 20.8 Å². The van der Waals surface area contributed by atoms with Crippen molar-refractivity contribution in [2.45, 2.75) is 45.1 Å². The molecule has 0 heterocycles. The van der Waals surface area contributed by atoms with E-state index in [9.17, 15) is 0 Å². The van der Waals surface area contributed by atoms with Crippen LogP contribution < -0.4 is 4.74 Å². The van der Waals surface area contributed by atoms with Crippen LogP contribution in [0.5, 0.6) is 5.75 Å². The molecule has 1 aliphatic carbocycles. The van der Waals surface area contributed by atoms with E-state index < -0.39 is 0 Å². The maximum atomic E-state index is 5.93. The van der Waals surface area contributed by atoms with Gasteiger partial charge in [-0.3, -0.25) is 0 Å². The van der Waals surface area contributed by atoms with Crippen molar-refractivity contribution in [1.82, 2.24) is 0 Å². The molecule has 0 saturated heterocycles. The first-order chi connectivity index (χ1) is 7.06. The van der Waals surface area contributed by atoms with Crippen molar-refractivity contribution >= 4 is 11.6 Å².